The maximum Gasteiger partial charge on any atom is 0.250 e. The van der Waals surface area contributed by atoms with E-state index in [4.69, 9.17) is 16.2 Å². The van der Waals surface area contributed by atoms with Crippen LogP contribution in [0.3, 0.4) is 0 Å². The van der Waals surface area contributed by atoms with Gasteiger partial charge in [-0.3, -0.25) is 9.78 Å². The standard InChI is InChI=1S/C15H14FN3O2/c16-11-2-8-3-12(5-17)21-14(8)13(4-11)9-1-10(15(18)20)7-19-6-9/h1-2,4,6-7,12H,3,5,17H2,(H2,18,20)/t12-/m0/s1. The van der Waals surface area contributed by atoms with Gasteiger partial charge in [-0.25, -0.2) is 4.39 Å². The number of nitrogens with zero attached hydrogens (tertiary/aromatic N) is 1. The number of carbonyl (C=O) groups is 1. The van der Waals surface area contributed by atoms with Gasteiger partial charge in [0.25, 0.3) is 0 Å². The minimum atomic E-state index is -0.585. The molecule has 2 heterocycles. The molecule has 6 heteroatoms. The number of nitrogens with two attached hydrogens (primary N) is 2. The fourth-order valence-electron chi connectivity index (χ4n) is 2.46. The van der Waals surface area contributed by atoms with Crippen molar-refractivity contribution in [2.24, 2.45) is 11.5 Å². The van der Waals surface area contributed by atoms with Crippen LogP contribution in [0.2, 0.25) is 0 Å². The van der Waals surface area contributed by atoms with Gasteiger partial charge in [-0.2, -0.15) is 0 Å². The summed E-state index contributed by atoms with van der Waals surface area (Å²) in [5, 5.41) is 0. The monoisotopic (exact) mass is 287 g/mol. The van der Waals surface area contributed by atoms with Crippen LogP contribution >= 0.6 is 0 Å². The number of amides is 1. The van der Waals surface area contributed by atoms with Crippen LogP contribution in [-0.2, 0) is 6.42 Å². The number of primary amides is 1. The van der Waals surface area contributed by atoms with Gasteiger partial charge in [0.05, 0.1) is 5.56 Å². The van der Waals surface area contributed by atoms with Crippen LogP contribution in [0.15, 0.2) is 30.6 Å². The Bertz CT molecular complexity index is 718. The summed E-state index contributed by atoms with van der Waals surface area (Å²) in [5.74, 6) is -0.358. The van der Waals surface area contributed by atoms with Crippen LogP contribution in [0.4, 0.5) is 4.39 Å². The molecule has 0 saturated carbocycles. The van der Waals surface area contributed by atoms with Crippen LogP contribution < -0.4 is 16.2 Å². The van der Waals surface area contributed by atoms with Crippen LogP contribution in [0.1, 0.15) is 15.9 Å². The quantitative estimate of drug-likeness (QED) is 0.888. The van der Waals surface area contributed by atoms with Crippen LogP contribution in [-0.4, -0.2) is 23.5 Å². The first kappa shape index (κ1) is 13.5. The van der Waals surface area contributed by atoms with E-state index in [1.54, 1.807) is 12.3 Å². The molecule has 0 unspecified atom stereocenters. The Morgan fingerprint density at radius 3 is 2.90 bits per heavy atom. The lowest BCUT2D eigenvalue weighted by Crippen LogP contribution is -2.24. The second-order valence-corrected chi connectivity index (χ2v) is 4.95. The van der Waals surface area contributed by atoms with E-state index in [1.165, 1.54) is 18.3 Å². The SMILES string of the molecule is NC[C@@H]1Cc2cc(F)cc(-c3cncc(C(N)=O)c3)c2O1. The van der Waals surface area contributed by atoms with Crippen molar-refractivity contribution in [3.8, 4) is 16.9 Å². The van der Waals surface area contributed by atoms with E-state index in [9.17, 15) is 9.18 Å². The fraction of sp³-hybridized carbons (Fsp3) is 0.200. The number of hydrogen-bond donors (Lipinski definition) is 2. The van der Waals surface area contributed by atoms with Gasteiger partial charge in [-0.1, -0.05) is 0 Å². The fourth-order valence-corrected chi connectivity index (χ4v) is 2.46. The second-order valence-electron chi connectivity index (χ2n) is 4.95. The van der Waals surface area contributed by atoms with Crippen molar-refractivity contribution in [2.45, 2.75) is 12.5 Å². The highest BCUT2D eigenvalue weighted by Gasteiger charge is 2.26. The van der Waals surface area contributed by atoms with Gasteiger partial charge in [0.1, 0.15) is 17.7 Å². The van der Waals surface area contributed by atoms with Gasteiger partial charge >= 0.3 is 0 Å². The van der Waals surface area contributed by atoms with Crippen molar-refractivity contribution >= 4 is 5.91 Å². The third-order valence-corrected chi connectivity index (χ3v) is 3.46. The highest BCUT2D eigenvalue weighted by Crippen LogP contribution is 2.39. The summed E-state index contributed by atoms with van der Waals surface area (Å²) >= 11 is 0. The van der Waals surface area contributed by atoms with Gasteiger partial charge in [-0.15, -0.1) is 0 Å². The summed E-state index contributed by atoms with van der Waals surface area (Å²) in [6.45, 7) is 0.356. The molecule has 0 radical (unpaired) electrons. The van der Waals surface area contributed by atoms with E-state index in [0.29, 0.717) is 29.8 Å². The molecule has 1 amide bonds. The molecule has 1 aromatic heterocycles. The summed E-state index contributed by atoms with van der Waals surface area (Å²) < 4.78 is 19.6. The van der Waals surface area contributed by atoms with E-state index in [-0.39, 0.29) is 17.5 Å². The zero-order valence-corrected chi connectivity index (χ0v) is 11.2. The average molecular weight is 287 g/mol. The molecule has 0 bridgehead atoms. The molecule has 2 aromatic rings. The summed E-state index contributed by atoms with van der Waals surface area (Å²) in [6.07, 6.45) is 3.32. The number of pyridine rings is 1. The molecule has 21 heavy (non-hydrogen) atoms. The molecule has 0 spiro atoms. The predicted octanol–water partition coefficient (Wildman–Crippen LogP) is 1.25. The minimum Gasteiger partial charge on any atom is -0.488 e. The van der Waals surface area contributed by atoms with Crippen molar-refractivity contribution in [1.82, 2.24) is 4.98 Å². The van der Waals surface area contributed by atoms with Crippen LogP contribution in [0.25, 0.3) is 11.1 Å². The van der Waals surface area contributed by atoms with Gasteiger partial charge in [0, 0.05) is 42.0 Å². The van der Waals surface area contributed by atoms with Gasteiger partial charge in [-0.05, 0) is 18.2 Å². The molecule has 1 aromatic carbocycles. The Hall–Kier alpha value is -2.47. The van der Waals surface area contributed by atoms with Gasteiger partial charge in [0.15, 0.2) is 0 Å². The lowest BCUT2D eigenvalue weighted by atomic mass is 10.0. The number of fused-ring (bicyclic) bond motifs is 1. The lowest BCUT2D eigenvalue weighted by Gasteiger charge is -2.11. The molecule has 4 N–H and O–H groups in total. The van der Waals surface area contributed by atoms with Gasteiger partial charge in [0.2, 0.25) is 5.91 Å². The Morgan fingerprint density at radius 2 is 2.19 bits per heavy atom. The Labute approximate surface area is 120 Å². The number of benzene rings is 1. The largest absolute Gasteiger partial charge is 0.488 e. The van der Waals surface area contributed by atoms with Crippen LogP contribution in [0, 0.1) is 5.82 Å². The maximum atomic E-state index is 13.8. The van der Waals surface area contributed by atoms with E-state index in [0.717, 1.165) is 5.56 Å². The number of halogens is 1. The Morgan fingerprint density at radius 1 is 1.38 bits per heavy atom. The molecule has 1 atom stereocenters. The van der Waals surface area contributed by atoms with E-state index < -0.39 is 5.91 Å². The number of rotatable bonds is 3. The first-order valence-electron chi connectivity index (χ1n) is 6.53. The van der Waals surface area contributed by atoms with E-state index in [2.05, 4.69) is 4.98 Å². The average Bonchev–Trinajstić information content (AvgIpc) is 2.89. The molecule has 5 nitrogen and oxygen atoms in total. The molecular formula is C15H14FN3O2. The van der Waals surface area contributed by atoms with Gasteiger partial charge < -0.3 is 16.2 Å². The number of aromatic nitrogens is 1. The molecule has 0 fully saturated rings. The topological polar surface area (TPSA) is 91.2 Å². The molecule has 1 aliphatic heterocycles. The molecule has 0 saturated heterocycles. The highest BCUT2D eigenvalue weighted by molar-refractivity contribution is 5.94. The predicted molar refractivity (Wildman–Crippen MR) is 75.3 cm³/mol. The van der Waals surface area contributed by atoms with Crippen molar-refractivity contribution in [2.75, 3.05) is 6.54 Å². The zero-order chi connectivity index (χ0) is 15.0. The van der Waals surface area contributed by atoms with Crippen molar-refractivity contribution in [3.63, 3.8) is 0 Å². The molecule has 0 aliphatic carbocycles. The molecular weight excluding hydrogens is 273 g/mol. The van der Waals surface area contributed by atoms with Crippen molar-refractivity contribution in [3.05, 3.63) is 47.5 Å². The van der Waals surface area contributed by atoms with Crippen molar-refractivity contribution < 1.29 is 13.9 Å². The Kier molecular flexibility index (Phi) is 3.31. The van der Waals surface area contributed by atoms with E-state index >= 15 is 0 Å². The maximum absolute atomic E-state index is 13.8. The van der Waals surface area contributed by atoms with Crippen molar-refractivity contribution in [1.29, 1.82) is 0 Å². The molecule has 1 aliphatic rings. The summed E-state index contributed by atoms with van der Waals surface area (Å²) in [7, 11) is 0. The van der Waals surface area contributed by atoms with Crippen LogP contribution in [0.5, 0.6) is 5.75 Å². The summed E-state index contributed by atoms with van der Waals surface area (Å²) in [4.78, 5) is 15.2. The highest BCUT2D eigenvalue weighted by atomic mass is 19.1. The normalized spacial score (nSPS) is 16.4. The first-order valence-corrected chi connectivity index (χ1v) is 6.53. The lowest BCUT2D eigenvalue weighted by molar-refractivity contribution is 0.1000. The number of hydrogen-bond acceptors (Lipinski definition) is 4. The number of ether oxygens (including phenoxy) is 1. The number of carbonyl (C=O) groups excluding carboxylic acids is 1. The molecule has 3 rings (SSSR count). The molecule has 108 valence electrons. The van der Waals surface area contributed by atoms with E-state index in [1.807, 2.05) is 0 Å². The summed E-state index contributed by atoms with van der Waals surface area (Å²) in [5.41, 5.74) is 13.0. The first-order chi connectivity index (χ1) is 10.1. The zero-order valence-electron chi connectivity index (χ0n) is 11.2. The second kappa shape index (κ2) is 5.14. The smallest absolute Gasteiger partial charge is 0.250 e. The minimum absolute atomic E-state index is 0.159. The third-order valence-electron chi connectivity index (χ3n) is 3.46. The Balaban J connectivity index is 2.12. The summed E-state index contributed by atoms with van der Waals surface area (Å²) in [6, 6.07) is 4.38. The third kappa shape index (κ3) is 2.45.